The maximum atomic E-state index is 10.3. The molecule has 1 rings (SSSR count). The Balaban J connectivity index is 3.23. The van der Waals surface area contributed by atoms with Crippen molar-refractivity contribution < 1.29 is 14.8 Å². The second-order valence-corrected chi connectivity index (χ2v) is 2.37. The molecule has 80 valence electrons. The lowest BCUT2D eigenvalue weighted by Crippen LogP contribution is -2.21. The Bertz CT molecular complexity index is 411. The largest absolute Gasteiger partial charge is 0.499 e. The monoisotopic (exact) mass is 217 g/mol. The van der Waals surface area contributed by atoms with Gasteiger partial charge in [0, 0.05) is 0 Å². The summed E-state index contributed by atoms with van der Waals surface area (Å²) in [6.45, 7) is 0. The van der Waals surface area contributed by atoms with Gasteiger partial charge in [0.05, 0.1) is 4.92 Å². The molecule has 1 N–H and O–H groups in total. The maximum absolute atomic E-state index is 10.3. The SMILES string of the molecule is O=[N+]([O-])c1cn[nH]c1C([N+](=O)[O-])[N+](=O)[O-]. The molecule has 1 heterocycles. The average molecular weight is 217 g/mol. The van der Waals surface area contributed by atoms with Crippen molar-refractivity contribution >= 4 is 5.69 Å². The van der Waals surface area contributed by atoms with Gasteiger partial charge < -0.3 is 0 Å². The van der Waals surface area contributed by atoms with Crippen LogP contribution in [0.4, 0.5) is 5.69 Å². The van der Waals surface area contributed by atoms with Crippen molar-refractivity contribution in [3.05, 3.63) is 42.2 Å². The molecule has 0 bridgehead atoms. The van der Waals surface area contributed by atoms with E-state index in [1.807, 2.05) is 5.10 Å². The van der Waals surface area contributed by atoms with Crippen LogP contribution >= 0.6 is 0 Å². The Morgan fingerprint density at radius 3 is 2.13 bits per heavy atom. The van der Waals surface area contributed by atoms with Crippen molar-refractivity contribution in [3.8, 4) is 0 Å². The summed E-state index contributed by atoms with van der Waals surface area (Å²) in [6.07, 6.45) is -1.73. The predicted molar refractivity (Wildman–Crippen MR) is 42.0 cm³/mol. The fourth-order valence-electron chi connectivity index (χ4n) is 0.913. The minimum atomic E-state index is -2.41. The van der Waals surface area contributed by atoms with E-state index in [0.717, 1.165) is 0 Å². The number of nitro groups is 3. The summed E-state index contributed by atoms with van der Waals surface area (Å²) in [5.41, 5.74) is -1.54. The van der Waals surface area contributed by atoms with Gasteiger partial charge in [0.25, 0.3) is 5.69 Å². The number of rotatable bonds is 4. The molecular weight excluding hydrogens is 214 g/mol. The van der Waals surface area contributed by atoms with E-state index >= 15 is 0 Å². The normalized spacial score (nSPS) is 10.2. The van der Waals surface area contributed by atoms with Crippen LogP contribution in [0.1, 0.15) is 11.9 Å². The summed E-state index contributed by atoms with van der Waals surface area (Å²) in [4.78, 5) is 27.5. The van der Waals surface area contributed by atoms with Gasteiger partial charge in [-0.3, -0.25) is 35.4 Å². The molecule has 1 aromatic rings. The quantitative estimate of drug-likeness (QED) is 0.417. The minimum Gasteiger partial charge on any atom is -0.263 e. The van der Waals surface area contributed by atoms with Gasteiger partial charge in [0.2, 0.25) is 0 Å². The fourth-order valence-corrected chi connectivity index (χ4v) is 0.913. The van der Waals surface area contributed by atoms with Crippen LogP contribution < -0.4 is 0 Å². The van der Waals surface area contributed by atoms with Crippen LogP contribution in [0.3, 0.4) is 0 Å². The van der Waals surface area contributed by atoms with E-state index < -0.39 is 32.3 Å². The highest BCUT2D eigenvalue weighted by molar-refractivity contribution is 5.32. The van der Waals surface area contributed by atoms with Crippen molar-refractivity contribution in [2.75, 3.05) is 0 Å². The second-order valence-electron chi connectivity index (χ2n) is 2.37. The van der Waals surface area contributed by atoms with E-state index in [2.05, 4.69) is 5.10 Å². The number of nitrogens with zero attached hydrogens (tertiary/aromatic N) is 4. The molecular formula is C4H3N5O6. The zero-order valence-corrected chi connectivity index (χ0v) is 6.89. The first-order chi connectivity index (χ1) is 6.95. The smallest absolute Gasteiger partial charge is 0.263 e. The number of H-pyrrole nitrogens is 1. The Morgan fingerprint density at radius 2 is 1.73 bits per heavy atom. The van der Waals surface area contributed by atoms with E-state index in [0.29, 0.717) is 6.20 Å². The Labute approximate surface area is 80.2 Å². The molecule has 0 atom stereocenters. The highest BCUT2D eigenvalue weighted by atomic mass is 16.7. The minimum absolute atomic E-state index is 0.676. The van der Waals surface area contributed by atoms with Crippen molar-refractivity contribution in [1.29, 1.82) is 0 Å². The van der Waals surface area contributed by atoms with E-state index in [-0.39, 0.29) is 0 Å². The number of nitrogens with one attached hydrogen (secondary N) is 1. The Morgan fingerprint density at radius 1 is 1.20 bits per heavy atom. The lowest BCUT2D eigenvalue weighted by molar-refractivity contribution is -0.753. The van der Waals surface area contributed by atoms with E-state index in [1.54, 1.807) is 0 Å². The molecule has 0 spiro atoms. The molecule has 0 saturated heterocycles. The third kappa shape index (κ3) is 1.84. The Hall–Kier alpha value is -2.59. The highest BCUT2D eigenvalue weighted by Crippen LogP contribution is 2.24. The van der Waals surface area contributed by atoms with Gasteiger partial charge in [-0.1, -0.05) is 0 Å². The first-order valence-electron chi connectivity index (χ1n) is 3.39. The molecule has 0 unspecified atom stereocenters. The number of hydrogen-bond donors (Lipinski definition) is 1. The fraction of sp³-hybridized carbons (Fsp3) is 0.250. The first-order valence-corrected chi connectivity index (χ1v) is 3.39. The molecule has 11 nitrogen and oxygen atoms in total. The first kappa shape index (κ1) is 10.5. The summed E-state index contributed by atoms with van der Waals surface area (Å²) < 4.78 is 0. The van der Waals surface area contributed by atoms with E-state index in [4.69, 9.17) is 0 Å². The van der Waals surface area contributed by atoms with Crippen molar-refractivity contribution in [3.63, 3.8) is 0 Å². The van der Waals surface area contributed by atoms with Crippen molar-refractivity contribution in [1.82, 2.24) is 10.2 Å². The third-order valence-corrected chi connectivity index (χ3v) is 1.50. The molecule has 11 heteroatoms. The zero-order valence-electron chi connectivity index (χ0n) is 6.89. The molecule has 0 fully saturated rings. The summed E-state index contributed by atoms with van der Waals surface area (Å²) >= 11 is 0. The van der Waals surface area contributed by atoms with Gasteiger partial charge in [-0.25, -0.2) is 0 Å². The average Bonchev–Trinajstić information content (AvgIpc) is 2.51. The molecule has 0 radical (unpaired) electrons. The van der Waals surface area contributed by atoms with Gasteiger partial charge >= 0.3 is 11.9 Å². The second kappa shape index (κ2) is 3.65. The standard InChI is InChI=1S/C4H3N5O6/c10-7(11)2-1-5-6-3(2)4(8(12)13)9(14)15/h1,4H,(H,5,6). The number of aromatic amines is 1. The zero-order chi connectivity index (χ0) is 11.6. The van der Waals surface area contributed by atoms with Crippen LogP contribution in [0.5, 0.6) is 0 Å². The summed E-state index contributed by atoms with van der Waals surface area (Å²) in [5, 5.41) is 36.0. The van der Waals surface area contributed by atoms with Gasteiger partial charge in [0.1, 0.15) is 16.0 Å². The maximum Gasteiger partial charge on any atom is 0.499 e. The lowest BCUT2D eigenvalue weighted by Gasteiger charge is -1.97. The van der Waals surface area contributed by atoms with Crippen LogP contribution in [-0.4, -0.2) is 25.0 Å². The van der Waals surface area contributed by atoms with Crippen LogP contribution in [0, 0.1) is 30.3 Å². The van der Waals surface area contributed by atoms with Crippen LogP contribution in [-0.2, 0) is 0 Å². The molecule has 15 heavy (non-hydrogen) atoms. The number of aromatic nitrogens is 2. The highest BCUT2D eigenvalue weighted by Gasteiger charge is 2.43. The van der Waals surface area contributed by atoms with Gasteiger partial charge in [-0.2, -0.15) is 5.10 Å². The van der Waals surface area contributed by atoms with Gasteiger partial charge in [0.15, 0.2) is 0 Å². The number of hydrogen-bond acceptors (Lipinski definition) is 7. The van der Waals surface area contributed by atoms with Crippen molar-refractivity contribution in [2.24, 2.45) is 0 Å². The topological polar surface area (TPSA) is 158 Å². The van der Waals surface area contributed by atoms with Gasteiger partial charge in [-0.05, 0) is 0 Å². The molecule has 0 amide bonds. The third-order valence-electron chi connectivity index (χ3n) is 1.50. The van der Waals surface area contributed by atoms with Crippen LogP contribution in [0.25, 0.3) is 0 Å². The lowest BCUT2D eigenvalue weighted by atomic mass is 10.3. The molecule has 0 aliphatic rings. The summed E-state index contributed by atoms with van der Waals surface area (Å²) in [5.74, 6) is 0. The van der Waals surface area contributed by atoms with Crippen LogP contribution in [0.15, 0.2) is 6.20 Å². The van der Waals surface area contributed by atoms with Gasteiger partial charge in [-0.15, -0.1) is 0 Å². The molecule has 0 aromatic carbocycles. The molecule has 1 aromatic heterocycles. The summed E-state index contributed by atoms with van der Waals surface area (Å²) in [7, 11) is 0. The van der Waals surface area contributed by atoms with E-state index in [9.17, 15) is 30.3 Å². The summed E-state index contributed by atoms with van der Waals surface area (Å²) in [6, 6.07) is 0. The Kier molecular flexibility index (Phi) is 2.55. The molecule has 0 saturated carbocycles. The molecule has 0 aliphatic carbocycles. The van der Waals surface area contributed by atoms with Crippen molar-refractivity contribution in [2.45, 2.75) is 6.17 Å². The van der Waals surface area contributed by atoms with Crippen LogP contribution in [0.2, 0.25) is 0 Å². The predicted octanol–water partition coefficient (Wildman–Crippen LogP) is -0.130. The molecule has 0 aliphatic heterocycles. The van der Waals surface area contributed by atoms with E-state index in [1.165, 1.54) is 0 Å².